The second-order valence-corrected chi connectivity index (χ2v) is 6.45. The van der Waals surface area contributed by atoms with Crippen molar-refractivity contribution < 1.29 is 4.79 Å². The van der Waals surface area contributed by atoms with Crippen molar-refractivity contribution in [2.45, 2.75) is 0 Å². The van der Waals surface area contributed by atoms with E-state index >= 15 is 0 Å². The third-order valence-electron chi connectivity index (χ3n) is 3.22. The van der Waals surface area contributed by atoms with Crippen LogP contribution in [-0.4, -0.2) is 34.4 Å². The van der Waals surface area contributed by atoms with Gasteiger partial charge >= 0.3 is 0 Å². The Balaban J connectivity index is 2.00. The zero-order chi connectivity index (χ0) is 14.7. The number of amides is 1. The maximum absolute atomic E-state index is 12.4. The van der Waals surface area contributed by atoms with E-state index < -0.39 is 0 Å². The molecule has 2 N–H and O–H groups in total. The number of rotatable bonds is 5. The van der Waals surface area contributed by atoms with Gasteiger partial charge in [-0.05, 0) is 30.0 Å². The van der Waals surface area contributed by atoms with E-state index in [2.05, 4.69) is 21.4 Å². The molecule has 0 fully saturated rings. The van der Waals surface area contributed by atoms with Gasteiger partial charge in [0.15, 0.2) is 0 Å². The van der Waals surface area contributed by atoms with E-state index in [1.54, 1.807) is 28.6 Å². The lowest BCUT2D eigenvalue weighted by molar-refractivity contribution is 0.0958. The monoisotopic (exact) mass is 317 g/mol. The average Bonchev–Trinajstić information content (AvgIpc) is 3.17. The fourth-order valence-electron chi connectivity index (χ4n) is 2.22. The van der Waals surface area contributed by atoms with Crippen LogP contribution >= 0.6 is 23.1 Å². The summed E-state index contributed by atoms with van der Waals surface area (Å²) in [6.45, 7) is 0.677. The fourth-order valence-corrected chi connectivity index (χ4v) is 3.13. The third-order valence-corrected chi connectivity index (χ3v) is 4.66. The number of nitrogens with zero attached hydrogens (tertiary/aromatic N) is 1. The molecule has 21 heavy (non-hydrogen) atoms. The first-order chi connectivity index (χ1) is 10.3. The third kappa shape index (κ3) is 2.96. The Kier molecular flexibility index (Phi) is 4.26. The summed E-state index contributed by atoms with van der Waals surface area (Å²) >= 11 is 3.29. The smallest absolute Gasteiger partial charge is 0.252 e. The predicted octanol–water partition coefficient (Wildman–Crippen LogP) is 3.38. The first-order valence-corrected chi connectivity index (χ1v) is 8.84. The zero-order valence-corrected chi connectivity index (χ0v) is 13.2. The summed E-state index contributed by atoms with van der Waals surface area (Å²) in [5.74, 6) is 0.885. The number of carbonyl (C=O) groups excluding carboxylic acids is 1. The van der Waals surface area contributed by atoms with Gasteiger partial charge in [0.25, 0.3) is 5.91 Å². The Morgan fingerprint density at radius 2 is 2.38 bits per heavy atom. The number of fused-ring (bicyclic) bond motifs is 1. The number of benzene rings is 1. The van der Waals surface area contributed by atoms with Gasteiger partial charge in [0.1, 0.15) is 0 Å². The first kappa shape index (κ1) is 14.2. The number of aromatic nitrogens is 2. The molecular weight excluding hydrogens is 302 g/mol. The van der Waals surface area contributed by atoms with Crippen LogP contribution in [0, 0.1) is 0 Å². The Hall–Kier alpha value is -1.79. The van der Waals surface area contributed by atoms with Crippen molar-refractivity contribution in [2.75, 3.05) is 18.6 Å². The van der Waals surface area contributed by atoms with Crippen molar-refractivity contribution in [1.82, 2.24) is 15.3 Å². The molecule has 0 aliphatic heterocycles. The molecule has 108 valence electrons. The zero-order valence-electron chi connectivity index (χ0n) is 11.6. The summed E-state index contributed by atoms with van der Waals surface area (Å²) in [6, 6.07) is 5.94. The molecule has 3 rings (SSSR count). The maximum Gasteiger partial charge on any atom is 0.252 e. The number of hydrogen-bond donors (Lipinski definition) is 2. The normalized spacial score (nSPS) is 10.9. The van der Waals surface area contributed by atoms with Crippen molar-refractivity contribution >= 4 is 39.9 Å². The SMILES string of the molecule is CSCCNC(=O)c1cc(-c2cncs2)cc2[nH]ccc12. The van der Waals surface area contributed by atoms with Gasteiger partial charge in [0.05, 0.1) is 10.4 Å². The highest BCUT2D eigenvalue weighted by Gasteiger charge is 2.13. The topological polar surface area (TPSA) is 57.8 Å². The molecule has 2 aromatic heterocycles. The maximum atomic E-state index is 12.4. The minimum Gasteiger partial charge on any atom is -0.361 e. The Morgan fingerprint density at radius 3 is 3.14 bits per heavy atom. The molecule has 2 heterocycles. The lowest BCUT2D eigenvalue weighted by Gasteiger charge is -2.08. The highest BCUT2D eigenvalue weighted by molar-refractivity contribution is 7.98. The lowest BCUT2D eigenvalue weighted by atomic mass is 10.0. The van der Waals surface area contributed by atoms with Gasteiger partial charge in [-0.1, -0.05) is 0 Å². The number of hydrogen-bond acceptors (Lipinski definition) is 4. The van der Waals surface area contributed by atoms with Gasteiger partial charge in [0.2, 0.25) is 0 Å². The predicted molar refractivity (Wildman–Crippen MR) is 90.1 cm³/mol. The van der Waals surface area contributed by atoms with E-state index in [1.807, 2.05) is 30.8 Å². The number of nitrogens with one attached hydrogen (secondary N) is 2. The molecule has 0 saturated carbocycles. The minimum absolute atomic E-state index is 0.0278. The Morgan fingerprint density at radius 1 is 1.48 bits per heavy atom. The molecule has 3 aromatic rings. The summed E-state index contributed by atoms with van der Waals surface area (Å²) in [6.07, 6.45) is 5.71. The minimum atomic E-state index is -0.0278. The van der Waals surface area contributed by atoms with Gasteiger partial charge in [-0.3, -0.25) is 9.78 Å². The molecule has 1 aromatic carbocycles. The van der Waals surface area contributed by atoms with E-state index in [1.165, 1.54) is 0 Å². The van der Waals surface area contributed by atoms with Crippen molar-refractivity contribution in [3.05, 3.63) is 41.7 Å². The molecule has 0 saturated heterocycles. The Bertz CT molecular complexity index is 749. The van der Waals surface area contributed by atoms with Crippen molar-refractivity contribution in [3.63, 3.8) is 0 Å². The number of aromatic amines is 1. The van der Waals surface area contributed by atoms with Gasteiger partial charge in [-0.2, -0.15) is 11.8 Å². The molecule has 0 atom stereocenters. The molecule has 0 unspecified atom stereocenters. The van der Waals surface area contributed by atoms with E-state index in [0.29, 0.717) is 12.1 Å². The van der Waals surface area contributed by atoms with Crippen LogP contribution in [0.4, 0.5) is 0 Å². The molecule has 0 aliphatic carbocycles. The van der Waals surface area contributed by atoms with E-state index in [0.717, 1.165) is 27.1 Å². The molecule has 0 radical (unpaired) electrons. The van der Waals surface area contributed by atoms with E-state index in [4.69, 9.17) is 0 Å². The largest absolute Gasteiger partial charge is 0.361 e. The molecule has 1 amide bonds. The molecule has 0 aliphatic rings. The van der Waals surface area contributed by atoms with Crippen molar-refractivity contribution in [2.24, 2.45) is 0 Å². The van der Waals surface area contributed by atoms with Gasteiger partial charge in [-0.25, -0.2) is 0 Å². The molecule has 4 nitrogen and oxygen atoms in total. The van der Waals surface area contributed by atoms with Crippen LogP contribution in [0.5, 0.6) is 0 Å². The van der Waals surface area contributed by atoms with Crippen molar-refractivity contribution in [3.8, 4) is 10.4 Å². The standard InChI is InChI=1S/C15H15N3OS2/c1-20-5-4-18-15(19)12-6-10(14-8-16-9-21-14)7-13-11(12)2-3-17-13/h2-3,6-9,17H,4-5H2,1H3,(H,18,19). The second kappa shape index (κ2) is 6.32. The molecule has 6 heteroatoms. The second-order valence-electron chi connectivity index (χ2n) is 4.58. The number of thiazole rings is 1. The number of H-pyrrole nitrogens is 1. The van der Waals surface area contributed by atoms with Gasteiger partial charge in [-0.15, -0.1) is 11.3 Å². The summed E-state index contributed by atoms with van der Waals surface area (Å²) in [7, 11) is 0. The number of thioether (sulfide) groups is 1. The van der Waals surface area contributed by atoms with Gasteiger partial charge in [0, 0.05) is 41.2 Å². The number of carbonyl (C=O) groups is 1. The average molecular weight is 317 g/mol. The lowest BCUT2D eigenvalue weighted by Crippen LogP contribution is -2.25. The quantitative estimate of drug-likeness (QED) is 0.709. The van der Waals surface area contributed by atoms with Crippen LogP contribution in [0.15, 0.2) is 36.1 Å². The summed E-state index contributed by atoms with van der Waals surface area (Å²) in [5.41, 5.74) is 4.49. The van der Waals surface area contributed by atoms with Crippen LogP contribution in [0.3, 0.4) is 0 Å². The molecule has 0 bridgehead atoms. The highest BCUT2D eigenvalue weighted by atomic mass is 32.2. The van der Waals surface area contributed by atoms with Crippen LogP contribution in [-0.2, 0) is 0 Å². The highest BCUT2D eigenvalue weighted by Crippen LogP contribution is 2.29. The fraction of sp³-hybridized carbons (Fsp3) is 0.200. The first-order valence-electron chi connectivity index (χ1n) is 6.56. The van der Waals surface area contributed by atoms with Crippen LogP contribution in [0.25, 0.3) is 21.3 Å². The van der Waals surface area contributed by atoms with E-state index in [-0.39, 0.29) is 5.91 Å². The molecule has 0 spiro atoms. The summed E-state index contributed by atoms with van der Waals surface area (Å²) in [5, 5.41) is 3.92. The van der Waals surface area contributed by atoms with Crippen molar-refractivity contribution in [1.29, 1.82) is 0 Å². The van der Waals surface area contributed by atoms with E-state index in [9.17, 15) is 4.79 Å². The van der Waals surface area contributed by atoms with Crippen LogP contribution in [0.1, 0.15) is 10.4 Å². The van der Waals surface area contributed by atoms with Crippen LogP contribution in [0.2, 0.25) is 0 Å². The Labute approximate surface area is 131 Å². The summed E-state index contributed by atoms with van der Waals surface area (Å²) < 4.78 is 0. The van der Waals surface area contributed by atoms with Gasteiger partial charge < -0.3 is 10.3 Å². The summed E-state index contributed by atoms with van der Waals surface area (Å²) in [4.78, 5) is 20.8. The van der Waals surface area contributed by atoms with Crippen LogP contribution < -0.4 is 5.32 Å². The molecular formula is C15H15N3OS2.